The fourth-order valence-electron chi connectivity index (χ4n) is 2.44. The molecule has 1 amide bonds. The SMILES string of the molecule is CC(N)C1CCCN(C(=O)c2ccc(F)c(F)c2)C1. The quantitative estimate of drug-likeness (QED) is 0.893. The van der Waals surface area contributed by atoms with E-state index in [-0.39, 0.29) is 23.4 Å². The topological polar surface area (TPSA) is 46.3 Å². The Morgan fingerprint density at radius 3 is 2.79 bits per heavy atom. The number of likely N-dealkylation sites (tertiary alicyclic amines) is 1. The molecule has 0 aromatic heterocycles. The molecule has 1 aromatic rings. The van der Waals surface area contributed by atoms with Gasteiger partial charge in [0.15, 0.2) is 11.6 Å². The molecule has 2 atom stereocenters. The van der Waals surface area contributed by atoms with Crippen molar-refractivity contribution in [2.24, 2.45) is 11.7 Å². The van der Waals surface area contributed by atoms with Crippen molar-refractivity contribution in [2.45, 2.75) is 25.8 Å². The molecule has 0 bridgehead atoms. The Balaban J connectivity index is 2.12. The molecule has 2 N–H and O–H groups in total. The lowest BCUT2D eigenvalue weighted by atomic mass is 9.92. The van der Waals surface area contributed by atoms with E-state index in [4.69, 9.17) is 5.73 Å². The van der Waals surface area contributed by atoms with E-state index in [1.807, 2.05) is 6.92 Å². The molecule has 0 aliphatic carbocycles. The number of nitrogens with zero attached hydrogens (tertiary/aromatic N) is 1. The summed E-state index contributed by atoms with van der Waals surface area (Å²) in [7, 11) is 0. The molecule has 1 aliphatic heterocycles. The molecule has 104 valence electrons. The van der Waals surface area contributed by atoms with Gasteiger partial charge in [0.25, 0.3) is 5.91 Å². The zero-order valence-corrected chi connectivity index (χ0v) is 10.9. The highest BCUT2D eigenvalue weighted by atomic mass is 19.2. The minimum atomic E-state index is -0.994. The number of amides is 1. The molecule has 0 saturated carbocycles. The minimum Gasteiger partial charge on any atom is -0.338 e. The monoisotopic (exact) mass is 268 g/mol. The Morgan fingerprint density at radius 2 is 2.16 bits per heavy atom. The van der Waals surface area contributed by atoms with Gasteiger partial charge in [0.2, 0.25) is 0 Å². The maximum absolute atomic E-state index is 13.1. The predicted octanol–water partition coefficient (Wildman–Crippen LogP) is 2.16. The maximum Gasteiger partial charge on any atom is 0.253 e. The van der Waals surface area contributed by atoms with Gasteiger partial charge in [-0.1, -0.05) is 0 Å². The number of piperidine rings is 1. The second-order valence-corrected chi connectivity index (χ2v) is 5.14. The highest BCUT2D eigenvalue weighted by molar-refractivity contribution is 5.94. The van der Waals surface area contributed by atoms with Crippen molar-refractivity contribution in [1.82, 2.24) is 4.90 Å². The normalized spacial score (nSPS) is 21.3. The van der Waals surface area contributed by atoms with Gasteiger partial charge in [-0.2, -0.15) is 0 Å². The van der Waals surface area contributed by atoms with E-state index in [1.54, 1.807) is 4.90 Å². The molecule has 1 aliphatic rings. The van der Waals surface area contributed by atoms with Crippen LogP contribution in [-0.4, -0.2) is 29.9 Å². The van der Waals surface area contributed by atoms with Gasteiger partial charge in [0, 0.05) is 24.7 Å². The lowest BCUT2D eigenvalue weighted by Gasteiger charge is -2.34. The fraction of sp³-hybridized carbons (Fsp3) is 0.500. The molecular formula is C14H18F2N2O. The molecule has 1 aromatic carbocycles. The maximum atomic E-state index is 13.1. The summed E-state index contributed by atoms with van der Waals surface area (Å²) in [6, 6.07) is 3.28. The van der Waals surface area contributed by atoms with Crippen LogP contribution in [-0.2, 0) is 0 Å². The van der Waals surface area contributed by atoms with Crippen LogP contribution in [0.25, 0.3) is 0 Å². The number of benzene rings is 1. The largest absolute Gasteiger partial charge is 0.338 e. The molecule has 5 heteroatoms. The summed E-state index contributed by atoms with van der Waals surface area (Å²) in [5.41, 5.74) is 6.05. The summed E-state index contributed by atoms with van der Waals surface area (Å²) >= 11 is 0. The zero-order chi connectivity index (χ0) is 14.0. The van der Waals surface area contributed by atoms with Crippen molar-refractivity contribution < 1.29 is 13.6 Å². The van der Waals surface area contributed by atoms with Crippen LogP contribution < -0.4 is 5.73 Å². The van der Waals surface area contributed by atoms with E-state index in [1.165, 1.54) is 6.07 Å². The number of halogens is 2. The van der Waals surface area contributed by atoms with Crippen LogP contribution in [0, 0.1) is 17.6 Å². The molecule has 2 rings (SSSR count). The molecule has 2 unspecified atom stereocenters. The van der Waals surface area contributed by atoms with Crippen molar-refractivity contribution in [3.63, 3.8) is 0 Å². The number of hydrogen-bond acceptors (Lipinski definition) is 2. The molecule has 0 spiro atoms. The van der Waals surface area contributed by atoms with Crippen molar-refractivity contribution >= 4 is 5.91 Å². The van der Waals surface area contributed by atoms with Gasteiger partial charge in [-0.25, -0.2) is 8.78 Å². The fourth-order valence-corrected chi connectivity index (χ4v) is 2.44. The smallest absolute Gasteiger partial charge is 0.253 e. The van der Waals surface area contributed by atoms with E-state index < -0.39 is 11.6 Å². The van der Waals surface area contributed by atoms with E-state index in [0.717, 1.165) is 25.0 Å². The molecular weight excluding hydrogens is 250 g/mol. The van der Waals surface area contributed by atoms with E-state index in [0.29, 0.717) is 13.1 Å². The highest BCUT2D eigenvalue weighted by Crippen LogP contribution is 2.21. The zero-order valence-electron chi connectivity index (χ0n) is 10.9. The molecule has 1 saturated heterocycles. The Hall–Kier alpha value is -1.49. The van der Waals surface area contributed by atoms with Crippen LogP contribution in [0.5, 0.6) is 0 Å². The molecule has 3 nitrogen and oxygen atoms in total. The average molecular weight is 268 g/mol. The summed E-state index contributed by atoms with van der Waals surface area (Å²) in [6.45, 7) is 3.15. The van der Waals surface area contributed by atoms with Crippen molar-refractivity contribution in [1.29, 1.82) is 0 Å². The Morgan fingerprint density at radius 1 is 1.42 bits per heavy atom. The predicted molar refractivity (Wildman–Crippen MR) is 68.6 cm³/mol. The van der Waals surface area contributed by atoms with Gasteiger partial charge in [0.1, 0.15) is 0 Å². The third kappa shape index (κ3) is 3.10. The standard InChI is InChI=1S/C14H18F2N2O/c1-9(17)11-3-2-6-18(8-11)14(19)10-4-5-12(15)13(16)7-10/h4-5,7,9,11H,2-3,6,8,17H2,1H3. The van der Waals surface area contributed by atoms with E-state index in [2.05, 4.69) is 0 Å². The lowest BCUT2D eigenvalue weighted by Crippen LogP contribution is -2.45. The van der Waals surface area contributed by atoms with E-state index in [9.17, 15) is 13.6 Å². The molecule has 19 heavy (non-hydrogen) atoms. The first-order valence-corrected chi connectivity index (χ1v) is 6.49. The van der Waals surface area contributed by atoms with Crippen molar-refractivity contribution in [3.8, 4) is 0 Å². The first-order valence-electron chi connectivity index (χ1n) is 6.49. The average Bonchev–Trinajstić information content (AvgIpc) is 2.41. The summed E-state index contributed by atoms with van der Waals surface area (Å²) in [5, 5.41) is 0. The van der Waals surface area contributed by atoms with Gasteiger partial charge in [-0.3, -0.25) is 4.79 Å². The van der Waals surface area contributed by atoms with Crippen molar-refractivity contribution in [2.75, 3.05) is 13.1 Å². The number of carbonyl (C=O) groups excluding carboxylic acids is 1. The highest BCUT2D eigenvalue weighted by Gasteiger charge is 2.26. The van der Waals surface area contributed by atoms with Crippen LogP contribution in [0.1, 0.15) is 30.1 Å². The van der Waals surface area contributed by atoms with Crippen LogP contribution >= 0.6 is 0 Å². The number of carbonyl (C=O) groups is 1. The Kier molecular flexibility index (Phi) is 4.14. The van der Waals surface area contributed by atoms with Gasteiger partial charge >= 0.3 is 0 Å². The van der Waals surface area contributed by atoms with Gasteiger partial charge in [-0.15, -0.1) is 0 Å². The summed E-state index contributed by atoms with van der Waals surface area (Å²) in [5.74, 6) is -1.93. The van der Waals surface area contributed by atoms with Crippen LogP contribution in [0.15, 0.2) is 18.2 Å². The van der Waals surface area contributed by atoms with Gasteiger partial charge < -0.3 is 10.6 Å². The Labute approximate surface area is 111 Å². The van der Waals surface area contributed by atoms with E-state index >= 15 is 0 Å². The summed E-state index contributed by atoms with van der Waals surface area (Å²) in [4.78, 5) is 13.9. The van der Waals surface area contributed by atoms with Gasteiger partial charge in [-0.05, 0) is 43.9 Å². The third-order valence-electron chi connectivity index (χ3n) is 3.66. The minimum absolute atomic E-state index is 0.0283. The number of nitrogens with two attached hydrogens (primary N) is 1. The Bertz CT molecular complexity index is 477. The second-order valence-electron chi connectivity index (χ2n) is 5.14. The first-order chi connectivity index (χ1) is 8.99. The number of rotatable bonds is 2. The molecule has 1 fully saturated rings. The summed E-state index contributed by atoms with van der Waals surface area (Å²) in [6.07, 6.45) is 1.89. The van der Waals surface area contributed by atoms with Gasteiger partial charge in [0.05, 0.1) is 0 Å². The van der Waals surface area contributed by atoms with Crippen LogP contribution in [0.3, 0.4) is 0 Å². The first kappa shape index (κ1) is 13.9. The lowest BCUT2D eigenvalue weighted by molar-refractivity contribution is 0.0660. The van der Waals surface area contributed by atoms with Crippen LogP contribution in [0.4, 0.5) is 8.78 Å². The third-order valence-corrected chi connectivity index (χ3v) is 3.66. The second kappa shape index (κ2) is 5.65. The van der Waals surface area contributed by atoms with Crippen molar-refractivity contribution in [3.05, 3.63) is 35.4 Å². The molecule has 0 radical (unpaired) electrons. The van der Waals surface area contributed by atoms with Crippen LogP contribution in [0.2, 0.25) is 0 Å². The molecule has 1 heterocycles. The summed E-state index contributed by atoms with van der Waals surface area (Å²) < 4.78 is 26.0. The number of hydrogen-bond donors (Lipinski definition) is 1.